The highest BCUT2D eigenvalue weighted by molar-refractivity contribution is 6.31. The van der Waals surface area contributed by atoms with Crippen molar-refractivity contribution in [1.82, 2.24) is 4.90 Å². The fourth-order valence-electron chi connectivity index (χ4n) is 1.69. The second-order valence-electron chi connectivity index (χ2n) is 3.64. The molecule has 0 aliphatic carbocycles. The van der Waals surface area contributed by atoms with Gasteiger partial charge in [0.05, 0.1) is 6.04 Å². The minimum atomic E-state index is 0.137. The second-order valence-corrected chi connectivity index (χ2v) is 4.05. The summed E-state index contributed by atoms with van der Waals surface area (Å²) in [5.74, 6) is 0. The van der Waals surface area contributed by atoms with Crippen LogP contribution >= 0.6 is 11.6 Å². The van der Waals surface area contributed by atoms with E-state index in [-0.39, 0.29) is 6.04 Å². The Hall–Kier alpha value is -1.22. The molecule has 15 heavy (non-hydrogen) atoms. The number of halogens is 1. The fraction of sp³-hybridized carbons (Fsp3) is 0.400. The molecule has 5 heteroatoms. The first-order valence-corrected chi connectivity index (χ1v) is 5.17. The molecule has 0 unspecified atom stereocenters. The predicted molar refractivity (Wildman–Crippen MR) is 59.7 cm³/mol. The lowest BCUT2D eigenvalue weighted by Crippen LogP contribution is -2.48. The second kappa shape index (κ2) is 4.53. The van der Waals surface area contributed by atoms with Gasteiger partial charge in [0.2, 0.25) is 0 Å². The van der Waals surface area contributed by atoms with E-state index in [1.54, 1.807) is 0 Å². The third kappa shape index (κ3) is 2.42. The van der Waals surface area contributed by atoms with Gasteiger partial charge >= 0.3 is 0 Å². The molecular weight excluding hydrogens is 212 g/mol. The molecule has 1 aliphatic heterocycles. The maximum Gasteiger partial charge on any atom is 0.0628 e. The van der Waals surface area contributed by atoms with Crippen LogP contribution < -0.4 is 0 Å². The average molecular weight is 223 g/mol. The van der Waals surface area contributed by atoms with E-state index in [1.807, 2.05) is 24.3 Å². The standard InChI is InChI=1S/C10H11ClN4/c11-10-4-2-1-3-8(10)5-15-6-9(7-15)13-14-12/h1-4,9H,5-7H2. The third-order valence-corrected chi connectivity index (χ3v) is 2.87. The van der Waals surface area contributed by atoms with E-state index in [0.29, 0.717) is 0 Å². The number of hydrogen-bond acceptors (Lipinski definition) is 2. The van der Waals surface area contributed by atoms with Gasteiger partial charge in [-0.3, -0.25) is 4.90 Å². The molecule has 1 aliphatic rings. The van der Waals surface area contributed by atoms with Gasteiger partial charge in [-0.25, -0.2) is 0 Å². The summed E-state index contributed by atoms with van der Waals surface area (Å²) in [6.07, 6.45) is 0. The van der Waals surface area contributed by atoms with Crippen LogP contribution in [0.5, 0.6) is 0 Å². The normalized spacial score (nSPS) is 16.9. The van der Waals surface area contributed by atoms with E-state index < -0.39 is 0 Å². The maximum atomic E-state index is 8.24. The SMILES string of the molecule is [N-]=[N+]=NC1CN(Cc2ccccc2Cl)C1. The summed E-state index contributed by atoms with van der Waals surface area (Å²) in [5.41, 5.74) is 9.36. The summed E-state index contributed by atoms with van der Waals surface area (Å²) < 4.78 is 0. The molecule has 1 aromatic carbocycles. The highest BCUT2D eigenvalue weighted by atomic mass is 35.5. The number of hydrogen-bond donors (Lipinski definition) is 0. The van der Waals surface area contributed by atoms with Crippen molar-refractivity contribution in [3.63, 3.8) is 0 Å². The molecule has 0 bridgehead atoms. The summed E-state index contributed by atoms with van der Waals surface area (Å²) in [7, 11) is 0. The minimum Gasteiger partial charge on any atom is -0.298 e. The van der Waals surface area contributed by atoms with Crippen LogP contribution in [-0.2, 0) is 6.54 Å². The number of likely N-dealkylation sites (tertiary alicyclic amines) is 1. The highest BCUT2D eigenvalue weighted by Crippen LogP contribution is 2.21. The lowest BCUT2D eigenvalue weighted by atomic mass is 10.1. The van der Waals surface area contributed by atoms with Gasteiger partial charge < -0.3 is 0 Å². The van der Waals surface area contributed by atoms with Gasteiger partial charge in [0.1, 0.15) is 0 Å². The fourth-order valence-corrected chi connectivity index (χ4v) is 1.88. The van der Waals surface area contributed by atoms with E-state index >= 15 is 0 Å². The van der Waals surface area contributed by atoms with Crippen molar-refractivity contribution in [2.45, 2.75) is 12.6 Å². The molecule has 1 saturated heterocycles. The van der Waals surface area contributed by atoms with Crippen LogP contribution in [-0.4, -0.2) is 24.0 Å². The number of azide groups is 1. The van der Waals surface area contributed by atoms with Crippen molar-refractivity contribution in [1.29, 1.82) is 0 Å². The first-order chi connectivity index (χ1) is 7.29. The van der Waals surface area contributed by atoms with Gasteiger partial charge in [-0.15, -0.1) is 0 Å². The average Bonchev–Trinajstić information content (AvgIpc) is 2.18. The molecule has 0 spiro atoms. The molecule has 0 amide bonds. The van der Waals surface area contributed by atoms with Crippen molar-refractivity contribution in [2.24, 2.45) is 5.11 Å². The monoisotopic (exact) mass is 222 g/mol. The zero-order chi connectivity index (χ0) is 10.7. The predicted octanol–water partition coefficient (Wildman–Crippen LogP) is 2.83. The number of rotatable bonds is 3. The molecule has 1 fully saturated rings. The molecule has 78 valence electrons. The largest absolute Gasteiger partial charge is 0.298 e. The Kier molecular flexibility index (Phi) is 3.11. The molecule has 4 nitrogen and oxygen atoms in total. The van der Waals surface area contributed by atoms with Gasteiger partial charge in [0.15, 0.2) is 0 Å². The summed E-state index contributed by atoms with van der Waals surface area (Å²) in [4.78, 5) is 5.00. The Morgan fingerprint density at radius 3 is 2.87 bits per heavy atom. The molecule has 0 radical (unpaired) electrons. The first-order valence-electron chi connectivity index (χ1n) is 4.79. The van der Waals surface area contributed by atoms with E-state index in [1.165, 1.54) is 0 Å². The lowest BCUT2D eigenvalue weighted by molar-refractivity contribution is 0.142. The Balaban J connectivity index is 1.90. The van der Waals surface area contributed by atoms with Crippen molar-refractivity contribution in [3.8, 4) is 0 Å². The van der Waals surface area contributed by atoms with Crippen LogP contribution in [0, 0.1) is 0 Å². The molecule has 0 N–H and O–H groups in total. The molecular formula is C10H11ClN4. The molecule has 1 heterocycles. The van der Waals surface area contributed by atoms with Crippen molar-refractivity contribution in [3.05, 3.63) is 45.3 Å². The minimum absolute atomic E-state index is 0.137. The molecule has 0 atom stereocenters. The van der Waals surface area contributed by atoms with E-state index in [9.17, 15) is 0 Å². The Bertz CT molecular complexity index is 394. The maximum absolute atomic E-state index is 8.24. The molecule has 2 rings (SSSR count). The van der Waals surface area contributed by atoms with Crippen LogP contribution in [0.4, 0.5) is 0 Å². The summed E-state index contributed by atoms with van der Waals surface area (Å²) in [6.45, 7) is 2.49. The summed E-state index contributed by atoms with van der Waals surface area (Å²) in [6, 6.07) is 7.94. The van der Waals surface area contributed by atoms with Crippen molar-refractivity contribution in [2.75, 3.05) is 13.1 Å². The van der Waals surface area contributed by atoms with Crippen LogP contribution in [0.15, 0.2) is 29.4 Å². The van der Waals surface area contributed by atoms with Crippen molar-refractivity contribution >= 4 is 11.6 Å². The number of nitrogens with zero attached hydrogens (tertiary/aromatic N) is 4. The van der Waals surface area contributed by atoms with E-state index in [2.05, 4.69) is 14.9 Å². The Morgan fingerprint density at radius 1 is 1.47 bits per heavy atom. The highest BCUT2D eigenvalue weighted by Gasteiger charge is 2.25. The topological polar surface area (TPSA) is 52.0 Å². The smallest absolute Gasteiger partial charge is 0.0628 e. The molecule has 0 aromatic heterocycles. The van der Waals surface area contributed by atoms with Crippen LogP contribution in [0.3, 0.4) is 0 Å². The van der Waals surface area contributed by atoms with Crippen LogP contribution in [0.1, 0.15) is 5.56 Å². The van der Waals surface area contributed by atoms with Gasteiger partial charge in [-0.05, 0) is 17.2 Å². The van der Waals surface area contributed by atoms with Gasteiger partial charge in [0.25, 0.3) is 0 Å². The zero-order valence-corrected chi connectivity index (χ0v) is 8.93. The Labute approximate surface area is 93.1 Å². The molecule has 1 aromatic rings. The van der Waals surface area contributed by atoms with Gasteiger partial charge in [-0.2, -0.15) is 0 Å². The van der Waals surface area contributed by atoms with Crippen LogP contribution in [0.2, 0.25) is 5.02 Å². The Morgan fingerprint density at radius 2 is 2.20 bits per heavy atom. The van der Waals surface area contributed by atoms with Crippen molar-refractivity contribution < 1.29 is 0 Å². The summed E-state index contributed by atoms with van der Waals surface area (Å²) >= 11 is 6.04. The molecule has 0 saturated carbocycles. The summed E-state index contributed by atoms with van der Waals surface area (Å²) in [5, 5.41) is 4.45. The lowest BCUT2D eigenvalue weighted by Gasteiger charge is -2.36. The quantitative estimate of drug-likeness (QED) is 0.441. The van der Waals surface area contributed by atoms with Gasteiger partial charge in [0, 0.05) is 29.6 Å². The number of benzene rings is 1. The van der Waals surface area contributed by atoms with Crippen LogP contribution in [0.25, 0.3) is 10.4 Å². The van der Waals surface area contributed by atoms with E-state index in [4.69, 9.17) is 17.1 Å². The zero-order valence-electron chi connectivity index (χ0n) is 8.17. The van der Waals surface area contributed by atoms with Gasteiger partial charge in [-0.1, -0.05) is 34.9 Å². The third-order valence-electron chi connectivity index (χ3n) is 2.50. The first kappa shape index (κ1) is 10.3. The van der Waals surface area contributed by atoms with E-state index in [0.717, 1.165) is 30.2 Å².